The van der Waals surface area contributed by atoms with Gasteiger partial charge in [0, 0.05) is 13.1 Å². The third-order valence-corrected chi connectivity index (χ3v) is 5.25. The minimum atomic E-state index is -3.30. The van der Waals surface area contributed by atoms with Crippen LogP contribution in [0.2, 0.25) is 0 Å². The molecule has 2 N–H and O–H groups in total. The average molecular weight is 276 g/mol. The minimum Gasteiger partial charge on any atom is -0.313 e. The van der Waals surface area contributed by atoms with Crippen LogP contribution in [0, 0.1) is 0 Å². The quantitative estimate of drug-likeness (QED) is 0.713. The molecule has 0 unspecified atom stereocenters. The summed E-state index contributed by atoms with van der Waals surface area (Å²) in [6, 6.07) is 1.74. The zero-order valence-corrected chi connectivity index (χ0v) is 12.0. The molecule has 4 nitrogen and oxygen atoms in total. The van der Waals surface area contributed by atoms with E-state index >= 15 is 0 Å². The molecule has 0 fully saturated rings. The van der Waals surface area contributed by atoms with Crippen LogP contribution in [-0.4, -0.2) is 21.5 Å². The van der Waals surface area contributed by atoms with E-state index in [0.29, 0.717) is 10.8 Å². The van der Waals surface area contributed by atoms with Gasteiger partial charge < -0.3 is 5.32 Å². The van der Waals surface area contributed by atoms with E-state index in [1.165, 1.54) is 11.3 Å². The summed E-state index contributed by atoms with van der Waals surface area (Å²) in [5.41, 5.74) is 1.02. The third kappa shape index (κ3) is 4.75. The Kier molecular flexibility index (Phi) is 6.11. The van der Waals surface area contributed by atoms with Gasteiger partial charge in [-0.2, -0.15) is 0 Å². The molecule has 1 rings (SSSR count). The van der Waals surface area contributed by atoms with Crippen molar-refractivity contribution in [3.8, 4) is 0 Å². The van der Waals surface area contributed by atoms with Crippen LogP contribution in [0.15, 0.2) is 15.7 Å². The van der Waals surface area contributed by atoms with Crippen LogP contribution in [0.1, 0.15) is 32.3 Å². The van der Waals surface area contributed by atoms with Crippen molar-refractivity contribution in [3.05, 3.63) is 17.0 Å². The molecule has 0 atom stereocenters. The number of hydrogen-bond donors (Lipinski definition) is 2. The first-order valence-corrected chi connectivity index (χ1v) is 8.24. The topological polar surface area (TPSA) is 58.2 Å². The summed E-state index contributed by atoms with van der Waals surface area (Å²) in [4.78, 5) is 0. The molecule has 1 aromatic heterocycles. The van der Waals surface area contributed by atoms with E-state index in [1.807, 2.05) is 19.2 Å². The molecular formula is C11H20N2O2S2. The van der Waals surface area contributed by atoms with Crippen LogP contribution in [0.25, 0.3) is 0 Å². The standard InChI is InChI=1S/C11H20N2O2S2/c1-3-5-6-13-17(14,15)11-7-10(9-16-11)8-12-4-2/h7,9,12-13H,3-6,8H2,1-2H3. The number of nitrogens with one attached hydrogen (secondary N) is 2. The first kappa shape index (κ1) is 14.6. The van der Waals surface area contributed by atoms with Gasteiger partial charge >= 0.3 is 0 Å². The minimum absolute atomic E-state index is 0.404. The summed E-state index contributed by atoms with van der Waals surface area (Å²) in [6.07, 6.45) is 1.85. The summed E-state index contributed by atoms with van der Waals surface area (Å²) in [7, 11) is -3.30. The van der Waals surface area contributed by atoms with Crippen molar-refractivity contribution in [1.82, 2.24) is 10.0 Å². The molecular weight excluding hydrogens is 256 g/mol. The van der Waals surface area contributed by atoms with E-state index in [1.54, 1.807) is 6.07 Å². The molecule has 0 saturated heterocycles. The van der Waals surface area contributed by atoms with E-state index in [9.17, 15) is 8.42 Å². The lowest BCUT2D eigenvalue weighted by atomic mass is 10.3. The Labute approximate surface area is 107 Å². The molecule has 17 heavy (non-hydrogen) atoms. The van der Waals surface area contributed by atoms with E-state index in [4.69, 9.17) is 0 Å². The van der Waals surface area contributed by atoms with Crippen molar-refractivity contribution < 1.29 is 8.42 Å². The lowest BCUT2D eigenvalue weighted by Gasteiger charge is -2.02. The Morgan fingerprint density at radius 1 is 1.35 bits per heavy atom. The van der Waals surface area contributed by atoms with Crippen molar-refractivity contribution >= 4 is 21.4 Å². The molecule has 0 aliphatic heterocycles. The van der Waals surface area contributed by atoms with Crippen molar-refractivity contribution in [3.63, 3.8) is 0 Å². The van der Waals surface area contributed by atoms with E-state index in [0.717, 1.165) is 31.5 Å². The van der Waals surface area contributed by atoms with Gasteiger partial charge in [0.05, 0.1) is 0 Å². The smallest absolute Gasteiger partial charge is 0.250 e. The molecule has 0 aliphatic carbocycles. The van der Waals surface area contributed by atoms with Crippen LogP contribution >= 0.6 is 11.3 Å². The highest BCUT2D eigenvalue weighted by molar-refractivity contribution is 7.91. The van der Waals surface area contributed by atoms with Crippen LogP contribution in [0.4, 0.5) is 0 Å². The lowest BCUT2D eigenvalue weighted by molar-refractivity contribution is 0.580. The summed E-state index contributed by atoms with van der Waals surface area (Å²) < 4.78 is 26.8. The monoisotopic (exact) mass is 276 g/mol. The number of sulfonamides is 1. The fraction of sp³-hybridized carbons (Fsp3) is 0.636. The van der Waals surface area contributed by atoms with E-state index in [-0.39, 0.29) is 0 Å². The number of hydrogen-bond acceptors (Lipinski definition) is 4. The Bertz CT molecular complexity index is 426. The van der Waals surface area contributed by atoms with Crippen molar-refractivity contribution in [2.24, 2.45) is 0 Å². The maximum absolute atomic E-state index is 11.9. The van der Waals surface area contributed by atoms with Crippen molar-refractivity contribution in [2.45, 2.75) is 37.4 Å². The van der Waals surface area contributed by atoms with Gasteiger partial charge in [-0.25, -0.2) is 13.1 Å². The Balaban J connectivity index is 2.61. The largest absolute Gasteiger partial charge is 0.313 e. The summed E-state index contributed by atoms with van der Waals surface area (Å²) in [6.45, 7) is 6.17. The summed E-state index contributed by atoms with van der Waals surface area (Å²) in [5, 5.41) is 5.06. The molecule has 0 aromatic carbocycles. The maximum atomic E-state index is 11.9. The van der Waals surface area contributed by atoms with Crippen molar-refractivity contribution in [2.75, 3.05) is 13.1 Å². The zero-order chi connectivity index (χ0) is 12.7. The highest BCUT2D eigenvalue weighted by Gasteiger charge is 2.15. The van der Waals surface area contributed by atoms with Gasteiger partial charge in [0.15, 0.2) is 0 Å². The highest BCUT2D eigenvalue weighted by atomic mass is 32.2. The third-order valence-electron chi connectivity index (χ3n) is 2.30. The van der Waals surface area contributed by atoms with Crippen LogP contribution in [-0.2, 0) is 16.6 Å². The predicted molar refractivity (Wildman–Crippen MR) is 71.8 cm³/mol. The second-order valence-corrected chi connectivity index (χ2v) is 6.71. The van der Waals surface area contributed by atoms with E-state index in [2.05, 4.69) is 10.0 Å². The van der Waals surface area contributed by atoms with Crippen LogP contribution in [0.5, 0.6) is 0 Å². The highest BCUT2D eigenvalue weighted by Crippen LogP contribution is 2.19. The normalized spacial score (nSPS) is 11.9. The van der Waals surface area contributed by atoms with Gasteiger partial charge in [-0.1, -0.05) is 20.3 Å². The summed E-state index contributed by atoms with van der Waals surface area (Å²) in [5.74, 6) is 0. The van der Waals surface area contributed by atoms with Gasteiger partial charge in [-0.3, -0.25) is 0 Å². The Morgan fingerprint density at radius 3 is 2.76 bits per heavy atom. The van der Waals surface area contributed by atoms with Crippen LogP contribution in [0.3, 0.4) is 0 Å². The zero-order valence-electron chi connectivity index (χ0n) is 10.3. The molecule has 1 aromatic rings. The summed E-state index contributed by atoms with van der Waals surface area (Å²) >= 11 is 1.27. The predicted octanol–water partition coefficient (Wildman–Crippen LogP) is 1.94. The van der Waals surface area contributed by atoms with Gasteiger partial charge in [-0.15, -0.1) is 11.3 Å². The Hall–Kier alpha value is -0.430. The molecule has 0 bridgehead atoms. The SMILES string of the molecule is CCCCNS(=O)(=O)c1cc(CNCC)cs1. The Morgan fingerprint density at radius 2 is 2.12 bits per heavy atom. The second kappa shape index (κ2) is 7.10. The molecule has 0 spiro atoms. The van der Waals surface area contributed by atoms with Gasteiger partial charge in [-0.05, 0) is 30.0 Å². The van der Waals surface area contributed by atoms with Gasteiger partial charge in [0.2, 0.25) is 10.0 Å². The fourth-order valence-electron chi connectivity index (χ4n) is 1.31. The number of thiophene rings is 1. The molecule has 0 saturated carbocycles. The first-order chi connectivity index (χ1) is 8.10. The maximum Gasteiger partial charge on any atom is 0.250 e. The average Bonchev–Trinajstić information content (AvgIpc) is 2.76. The molecule has 0 amide bonds. The van der Waals surface area contributed by atoms with Crippen LogP contribution < -0.4 is 10.0 Å². The molecule has 0 aliphatic rings. The fourth-order valence-corrected chi connectivity index (χ4v) is 3.64. The van der Waals surface area contributed by atoms with Crippen molar-refractivity contribution in [1.29, 1.82) is 0 Å². The van der Waals surface area contributed by atoms with E-state index < -0.39 is 10.0 Å². The molecule has 98 valence electrons. The number of rotatable bonds is 8. The molecule has 6 heteroatoms. The first-order valence-electron chi connectivity index (χ1n) is 5.88. The second-order valence-electron chi connectivity index (χ2n) is 3.81. The molecule has 1 heterocycles. The van der Waals surface area contributed by atoms with Gasteiger partial charge in [0.1, 0.15) is 4.21 Å². The number of unbranched alkanes of at least 4 members (excludes halogenated alkanes) is 1. The van der Waals surface area contributed by atoms with Gasteiger partial charge in [0.25, 0.3) is 0 Å². The molecule has 0 radical (unpaired) electrons. The lowest BCUT2D eigenvalue weighted by Crippen LogP contribution is -2.23.